The van der Waals surface area contributed by atoms with Gasteiger partial charge >= 0.3 is 0 Å². The standard InChI is InChI=1S/C12H15NO2/c1-8-5-4-6-11(10(8)3)12(15)13-7-9(2)14/h4-6H,7H2,1-3H3,(H,13,15). The second-order valence-corrected chi connectivity index (χ2v) is 3.63. The van der Waals surface area contributed by atoms with Gasteiger partial charge in [-0.2, -0.15) is 0 Å². The first-order chi connectivity index (χ1) is 7.02. The first-order valence-electron chi connectivity index (χ1n) is 4.86. The minimum atomic E-state index is -0.189. The van der Waals surface area contributed by atoms with Crippen LogP contribution in [0.5, 0.6) is 0 Å². The molecule has 1 rings (SSSR count). The first kappa shape index (κ1) is 11.4. The lowest BCUT2D eigenvalue weighted by Gasteiger charge is -2.08. The van der Waals surface area contributed by atoms with Crippen LogP contribution in [0.4, 0.5) is 0 Å². The van der Waals surface area contributed by atoms with Gasteiger partial charge in [0.25, 0.3) is 5.91 Å². The number of rotatable bonds is 3. The van der Waals surface area contributed by atoms with Crippen LogP contribution in [0.3, 0.4) is 0 Å². The van der Waals surface area contributed by atoms with Crippen LogP contribution in [-0.2, 0) is 4.79 Å². The van der Waals surface area contributed by atoms with E-state index in [9.17, 15) is 9.59 Å². The maximum atomic E-state index is 11.7. The molecule has 0 aromatic heterocycles. The van der Waals surface area contributed by atoms with E-state index >= 15 is 0 Å². The molecule has 1 amide bonds. The molecule has 0 radical (unpaired) electrons. The lowest BCUT2D eigenvalue weighted by Crippen LogP contribution is -2.28. The Morgan fingerprint density at radius 2 is 1.93 bits per heavy atom. The number of ketones is 1. The van der Waals surface area contributed by atoms with Crippen molar-refractivity contribution in [2.75, 3.05) is 6.54 Å². The molecule has 0 aliphatic carbocycles. The van der Waals surface area contributed by atoms with E-state index in [1.807, 2.05) is 26.0 Å². The number of Topliss-reactive ketones (excluding diaryl/α,β-unsaturated/α-hetero) is 1. The van der Waals surface area contributed by atoms with Gasteiger partial charge in [0.1, 0.15) is 5.78 Å². The zero-order valence-corrected chi connectivity index (χ0v) is 9.26. The van der Waals surface area contributed by atoms with Gasteiger partial charge in [0.2, 0.25) is 0 Å². The zero-order valence-electron chi connectivity index (χ0n) is 9.26. The molecule has 0 heterocycles. The highest BCUT2D eigenvalue weighted by molar-refractivity contribution is 5.97. The molecule has 0 spiro atoms. The molecule has 0 bridgehead atoms. The minimum absolute atomic E-state index is 0.0475. The van der Waals surface area contributed by atoms with E-state index in [4.69, 9.17) is 0 Å². The van der Waals surface area contributed by atoms with E-state index in [-0.39, 0.29) is 18.2 Å². The molecule has 3 nitrogen and oxygen atoms in total. The second-order valence-electron chi connectivity index (χ2n) is 3.63. The van der Waals surface area contributed by atoms with Crippen molar-refractivity contribution in [1.29, 1.82) is 0 Å². The Hall–Kier alpha value is -1.64. The topological polar surface area (TPSA) is 46.2 Å². The van der Waals surface area contributed by atoms with Crippen molar-refractivity contribution in [3.63, 3.8) is 0 Å². The van der Waals surface area contributed by atoms with Crippen molar-refractivity contribution in [3.05, 3.63) is 34.9 Å². The summed E-state index contributed by atoms with van der Waals surface area (Å²) in [6.45, 7) is 5.39. The average molecular weight is 205 g/mol. The van der Waals surface area contributed by atoms with Crippen molar-refractivity contribution >= 4 is 11.7 Å². The largest absolute Gasteiger partial charge is 0.345 e. The summed E-state index contributed by atoms with van der Waals surface area (Å²) in [4.78, 5) is 22.4. The monoisotopic (exact) mass is 205 g/mol. The molecule has 0 aliphatic rings. The van der Waals surface area contributed by atoms with Gasteiger partial charge in [0, 0.05) is 5.56 Å². The zero-order chi connectivity index (χ0) is 11.4. The Kier molecular flexibility index (Phi) is 3.61. The molecule has 0 saturated heterocycles. The lowest BCUT2D eigenvalue weighted by atomic mass is 10.0. The van der Waals surface area contributed by atoms with Crippen LogP contribution in [0.15, 0.2) is 18.2 Å². The van der Waals surface area contributed by atoms with E-state index in [1.165, 1.54) is 6.92 Å². The number of benzene rings is 1. The molecule has 15 heavy (non-hydrogen) atoms. The van der Waals surface area contributed by atoms with E-state index < -0.39 is 0 Å². The predicted molar refractivity (Wildman–Crippen MR) is 58.9 cm³/mol. The smallest absolute Gasteiger partial charge is 0.251 e. The third-order valence-electron chi connectivity index (χ3n) is 2.35. The molecular weight excluding hydrogens is 190 g/mol. The Morgan fingerprint density at radius 3 is 2.53 bits per heavy atom. The summed E-state index contributed by atoms with van der Waals surface area (Å²) in [5.74, 6) is -0.236. The van der Waals surface area contributed by atoms with Gasteiger partial charge in [-0.1, -0.05) is 12.1 Å². The van der Waals surface area contributed by atoms with Crippen LogP contribution in [0.25, 0.3) is 0 Å². The third kappa shape index (κ3) is 2.91. The maximum absolute atomic E-state index is 11.7. The number of carbonyl (C=O) groups excluding carboxylic acids is 2. The summed E-state index contributed by atoms with van der Waals surface area (Å²) in [5, 5.41) is 2.58. The van der Waals surface area contributed by atoms with E-state index in [0.717, 1.165) is 11.1 Å². The van der Waals surface area contributed by atoms with E-state index in [1.54, 1.807) is 6.07 Å². The van der Waals surface area contributed by atoms with Crippen LogP contribution >= 0.6 is 0 Å². The van der Waals surface area contributed by atoms with Gasteiger partial charge in [0.05, 0.1) is 6.54 Å². The van der Waals surface area contributed by atoms with Crippen LogP contribution < -0.4 is 5.32 Å². The molecule has 0 saturated carbocycles. The molecule has 0 fully saturated rings. The molecule has 1 aromatic carbocycles. The summed E-state index contributed by atoms with van der Waals surface area (Å²) in [5.41, 5.74) is 2.67. The fourth-order valence-corrected chi connectivity index (χ4v) is 1.30. The molecule has 0 unspecified atom stereocenters. The van der Waals surface area contributed by atoms with Crippen LogP contribution in [0.2, 0.25) is 0 Å². The SMILES string of the molecule is CC(=O)CNC(=O)c1cccc(C)c1C. The second kappa shape index (κ2) is 4.73. The third-order valence-corrected chi connectivity index (χ3v) is 2.35. The Morgan fingerprint density at radius 1 is 1.27 bits per heavy atom. The van der Waals surface area contributed by atoms with Crippen molar-refractivity contribution in [1.82, 2.24) is 5.32 Å². The normalized spacial score (nSPS) is 9.80. The summed E-state index contributed by atoms with van der Waals surface area (Å²) in [6.07, 6.45) is 0. The first-order valence-corrected chi connectivity index (χ1v) is 4.86. The minimum Gasteiger partial charge on any atom is -0.345 e. The van der Waals surface area contributed by atoms with Crippen LogP contribution in [-0.4, -0.2) is 18.2 Å². The summed E-state index contributed by atoms with van der Waals surface area (Å²) in [7, 11) is 0. The molecule has 3 heteroatoms. The van der Waals surface area contributed by atoms with Crippen LogP contribution in [0.1, 0.15) is 28.4 Å². The van der Waals surface area contributed by atoms with E-state index in [0.29, 0.717) is 5.56 Å². The Bertz CT molecular complexity index is 397. The average Bonchev–Trinajstić information content (AvgIpc) is 2.18. The molecule has 80 valence electrons. The Labute approximate surface area is 89.5 Å². The molecule has 0 atom stereocenters. The predicted octanol–water partition coefficient (Wildman–Crippen LogP) is 1.62. The number of nitrogens with one attached hydrogen (secondary N) is 1. The fraction of sp³-hybridized carbons (Fsp3) is 0.333. The van der Waals surface area contributed by atoms with Crippen molar-refractivity contribution in [2.45, 2.75) is 20.8 Å². The van der Waals surface area contributed by atoms with Gasteiger partial charge in [-0.05, 0) is 38.0 Å². The number of aryl methyl sites for hydroxylation is 1. The van der Waals surface area contributed by atoms with E-state index in [2.05, 4.69) is 5.32 Å². The molecule has 1 N–H and O–H groups in total. The van der Waals surface area contributed by atoms with Crippen LogP contribution in [0, 0.1) is 13.8 Å². The van der Waals surface area contributed by atoms with Gasteiger partial charge < -0.3 is 5.32 Å². The maximum Gasteiger partial charge on any atom is 0.251 e. The van der Waals surface area contributed by atoms with Gasteiger partial charge in [-0.25, -0.2) is 0 Å². The number of hydrogen-bond acceptors (Lipinski definition) is 2. The highest BCUT2D eigenvalue weighted by Crippen LogP contribution is 2.12. The molecule has 0 aliphatic heterocycles. The highest BCUT2D eigenvalue weighted by Gasteiger charge is 2.09. The molecule has 1 aromatic rings. The fourth-order valence-electron chi connectivity index (χ4n) is 1.30. The van der Waals surface area contributed by atoms with Crippen molar-refractivity contribution < 1.29 is 9.59 Å². The quantitative estimate of drug-likeness (QED) is 0.815. The number of carbonyl (C=O) groups is 2. The summed E-state index contributed by atoms with van der Waals surface area (Å²) in [6, 6.07) is 5.56. The lowest BCUT2D eigenvalue weighted by molar-refractivity contribution is -0.116. The highest BCUT2D eigenvalue weighted by atomic mass is 16.2. The molecular formula is C12H15NO2. The van der Waals surface area contributed by atoms with Crippen molar-refractivity contribution in [2.24, 2.45) is 0 Å². The number of amides is 1. The van der Waals surface area contributed by atoms with Gasteiger partial charge in [-0.15, -0.1) is 0 Å². The summed E-state index contributed by atoms with van der Waals surface area (Å²) >= 11 is 0. The number of hydrogen-bond donors (Lipinski definition) is 1. The van der Waals surface area contributed by atoms with Crippen molar-refractivity contribution in [3.8, 4) is 0 Å². The van der Waals surface area contributed by atoms with Gasteiger partial charge in [-0.3, -0.25) is 9.59 Å². The Balaban J connectivity index is 2.82. The summed E-state index contributed by atoms with van der Waals surface area (Å²) < 4.78 is 0. The van der Waals surface area contributed by atoms with Gasteiger partial charge in [0.15, 0.2) is 0 Å².